The fourth-order valence-electron chi connectivity index (χ4n) is 2.73. The monoisotopic (exact) mass is 374 g/mol. The van der Waals surface area contributed by atoms with E-state index in [0.717, 1.165) is 18.2 Å². The second-order valence-electron chi connectivity index (χ2n) is 5.88. The molecule has 0 bridgehead atoms. The van der Waals surface area contributed by atoms with Crippen LogP contribution in [0.15, 0.2) is 16.0 Å². The van der Waals surface area contributed by atoms with Crippen LogP contribution in [0, 0.1) is 0 Å². The van der Waals surface area contributed by atoms with Gasteiger partial charge in [-0.1, -0.05) is 18.7 Å². The molecule has 2 unspecified atom stereocenters. The normalized spacial score (nSPS) is 20.7. The van der Waals surface area contributed by atoms with Crippen LogP contribution in [0.25, 0.3) is 0 Å². The van der Waals surface area contributed by atoms with Crippen LogP contribution in [0.4, 0.5) is 5.82 Å². The van der Waals surface area contributed by atoms with Crippen LogP contribution in [-0.4, -0.2) is 58.5 Å². The largest absolute Gasteiger partial charge is 0.383 e. The summed E-state index contributed by atoms with van der Waals surface area (Å²) >= 11 is 1.08. The fraction of sp³-hybridized carbons (Fsp3) is 0.643. The van der Waals surface area contributed by atoms with Crippen molar-refractivity contribution < 1.29 is 13.2 Å². The smallest absolute Gasteiger partial charge is 0.253 e. The van der Waals surface area contributed by atoms with E-state index in [9.17, 15) is 18.0 Å². The zero-order valence-corrected chi connectivity index (χ0v) is 15.3. The van der Waals surface area contributed by atoms with E-state index in [1.807, 2.05) is 13.8 Å². The van der Waals surface area contributed by atoms with E-state index >= 15 is 0 Å². The number of anilines is 1. The molecule has 1 saturated heterocycles. The molecular weight excluding hydrogens is 352 g/mol. The number of nitrogens with one attached hydrogen (secondary N) is 1. The summed E-state index contributed by atoms with van der Waals surface area (Å²) in [5, 5.41) is 0.275. The molecule has 1 aromatic rings. The van der Waals surface area contributed by atoms with Crippen molar-refractivity contribution in [3.05, 3.63) is 16.4 Å². The maximum absolute atomic E-state index is 12.6. The van der Waals surface area contributed by atoms with Gasteiger partial charge in [0.2, 0.25) is 5.91 Å². The van der Waals surface area contributed by atoms with E-state index in [-0.39, 0.29) is 51.8 Å². The Labute approximate surface area is 145 Å². The van der Waals surface area contributed by atoms with Crippen LogP contribution in [-0.2, 0) is 14.6 Å². The van der Waals surface area contributed by atoms with Gasteiger partial charge in [-0.3, -0.25) is 9.59 Å². The topological polar surface area (TPSA) is 126 Å². The molecule has 1 aliphatic rings. The maximum atomic E-state index is 12.6. The highest BCUT2D eigenvalue weighted by Gasteiger charge is 2.36. The highest BCUT2D eigenvalue weighted by Crippen LogP contribution is 2.23. The summed E-state index contributed by atoms with van der Waals surface area (Å²) in [5.74, 6) is 0.125. The molecule has 1 fully saturated rings. The number of amides is 1. The number of nitrogen functional groups attached to an aromatic ring is 1. The molecule has 2 rings (SSSR count). The average Bonchev–Trinajstić information content (AvgIpc) is 2.84. The number of carbonyl (C=O) groups excluding carboxylic acids is 1. The first-order valence-corrected chi connectivity index (χ1v) is 10.5. The molecule has 0 radical (unpaired) electrons. The molecule has 2 atom stereocenters. The van der Waals surface area contributed by atoms with Gasteiger partial charge < -0.3 is 15.6 Å². The Bertz CT molecular complexity index is 762. The lowest BCUT2D eigenvalue weighted by Gasteiger charge is -2.33. The third-order valence-corrected chi connectivity index (χ3v) is 6.64. The van der Waals surface area contributed by atoms with Crippen LogP contribution < -0.4 is 11.3 Å². The van der Waals surface area contributed by atoms with Gasteiger partial charge >= 0.3 is 0 Å². The molecule has 8 nitrogen and oxygen atoms in total. The van der Waals surface area contributed by atoms with Crippen LogP contribution in [0.1, 0.15) is 26.7 Å². The number of hydrogen-bond acceptors (Lipinski definition) is 7. The zero-order valence-electron chi connectivity index (χ0n) is 13.7. The Morgan fingerprint density at radius 1 is 1.58 bits per heavy atom. The molecule has 1 aromatic heterocycles. The zero-order chi connectivity index (χ0) is 17.9. The van der Waals surface area contributed by atoms with Gasteiger partial charge in [0.15, 0.2) is 15.0 Å². The summed E-state index contributed by atoms with van der Waals surface area (Å²) in [6.07, 6.45) is 1.21. The van der Waals surface area contributed by atoms with E-state index < -0.39 is 9.84 Å². The minimum Gasteiger partial charge on any atom is -0.383 e. The number of hydrogen-bond donors (Lipinski definition) is 2. The molecule has 0 aromatic carbocycles. The van der Waals surface area contributed by atoms with Crippen LogP contribution >= 0.6 is 11.8 Å². The first-order chi connectivity index (χ1) is 11.2. The molecule has 2 heterocycles. The first-order valence-electron chi connectivity index (χ1n) is 7.73. The lowest BCUT2D eigenvalue weighted by Crippen LogP contribution is -2.47. The Hall–Kier alpha value is -1.55. The van der Waals surface area contributed by atoms with Crippen LogP contribution in [0.5, 0.6) is 0 Å². The SMILES string of the molecule is CCC(C)N(C(=O)CSc1nc(N)cc(=O)[nH]1)C1CCS(=O)(=O)C1. The van der Waals surface area contributed by atoms with Crippen molar-refractivity contribution in [3.8, 4) is 0 Å². The number of carbonyl (C=O) groups is 1. The van der Waals surface area contributed by atoms with E-state index in [1.54, 1.807) is 4.90 Å². The number of rotatable bonds is 6. The van der Waals surface area contributed by atoms with E-state index in [2.05, 4.69) is 9.97 Å². The molecule has 134 valence electrons. The number of aromatic amines is 1. The number of H-pyrrole nitrogens is 1. The maximum Gasteiger partial charge on any atom is 0.253 e. The van der Waals surface area contributed by atoms with Gasteiger partial charge in [0, 0.05) is 18.2 Å². The Kier molecular flexibility index (Phi) is 5.92. The van der Waals surface area contributed by atoms with Gasteiger partial charge in [-0.2, -0.15) is 0 Å². The van der Waals surface area contributed by atoms with Gasteiger partial charge in [-0.25, -0.2) is 13.4 Å². The van der Waals surface area contributed by atoms with Gasteiger partial charge in [-0.15, -0.1) is 0 Å². The van der Waals surface area contributed by atoms with Gasteiger partial charge in [0.1, 0.15) is 5.82 Å². The number of nitrogens with zero attached hydrogens (tertiary/aromatic N) is 2. The van der Waals surface area contributed by atoms with Crippen LogP contribution in [0.2, 0.25) is 0 Å². The molecule has 0 spiro atoms. The molecule has 0 aliphatic carbocycles. The molecule has 1 aliphatic heterocycles. The predicted octanol–water partition coefficient (Wildman–Crippen LogP) is 0.258. The van der Waals surface area contributed by atoms with E-state index in [4.69, 9.17) is 5.73 Å². The lowest BCUT2D eigenvalue weighted by atomic mass is 10.1. The second-order valence-corrected chi connectivity index (χ2v) is 9.07. The number of nitrogens with two attached hydrogens (primary N) is 1. The molecule has 10 heteroatoms. The lowest BCUT2D eigenvalue weighted by molar-refractivity contribution is -0.132. The standard InChI is InChI=1S/C14H22N4O4S2/c1-3-9(2)18(10-4-5-24(21,22)8-10)13(20)7-23-14-16-11(15)6-12(19)17-14/h6,9-10H,3-5,7-8H2,1-2H3,(H3,15,16,17,19). The first kappa shape index (κ1) is 18.8. The minimum atomic E-state index is -3.07. The molecule has 0 saturated carbocycles. The summed E-state index contributed by atoms with van der Waals surface area (Å²) in [5.41, 5.74) is 5.14. The highest BCUT2D eigenvalue weighted by atomic mass is 32.2. The van der Waals surface area contributed by atoms with Crippen molar-refractivity contribution >= 4 is 33.3 Å². The minimum absolute atomic E-state index is 0.0150. The second kappa shape index (κ2) is 7.56. The predicted molar refractivity (Wildman–Crippen MR) is 93.7 cm³/mol. The third-order valence-electron chi connectivity index (χ3n) is 4.03. The summed E-state index contributed by atoms with van der Waals surface area (Å²) in [4.78, 5) is 32.2. The Morgan fingerprint density at radius 2 is 2.29 bits per heavy atom. The van der Waals surface area contributed by atoms with Gasteiger partial charge in [-0.05, 0) is 19.8 Å². The van der Waals surface area contributed by atoms with E-state index in [1.165, 1.54) is 6.07 Å². The van der Waals surface area contributed by atoms with Crippen molar-refractivity contribution in [1.82, 2.24) is 14.9 Å². The van der Waals surface area contributed by atoms with Crippen molar-refractivity contribution in [1.29, 1.82) is 0 Å². The molecule has 1 amide bonds. The van der Waals surface area contributed by atoms with Crippen molar-refractivity contribution in [2.75, 3.05) is 23.0 Å². The molecule has 24 heavy (non-hydrogen) atoms. The van der Waals surface area contributed by atoms with E-state index in [0.29, 0.717) is 6.42 Å². The number of thioether (sulfide) groups is 1. The van der Waals surface area contributed by atoms with Crippen molar-refractivity contribution in [2.24, 2.45) is 0 Å². The summed E-state index contributed by atoms with van der Waals surface area (Å²) < 4.78 is 23.5. The quantitative estimate of drug-likeness (QED) is 0.540. The summed E-state index contributed by atoms with van der Waals surface area (Å²) in [7, 11) is -3.07. The highest BCUT2D eigenvalue weighted by molar-refractivity contribution is 7.99. The average molecular weight is 374 g/mol. The molecular formula is C14H22N4O4S2. The van der Waals surface area contributed by atoms with Crippen LogP contribution in [0.3, 0.4) is 0 Å². The number of sulfone groups is 1. The summed E-state index contributed by atoms with van der Waals surface area (Å²) in [6, 6.07) is 0.830. The fourth-order valence-corrected chi connectivity index (χ4v) is 5.19. The van der Waals surface area contributed by atoms with Gasteiger partial charge in [0.05, 0.1) is 17.3 Å². The Morgan fingerprint density at radius 3 is 2.83 bits per heavy atom. The summed E-state index contributed by atoms with van der Waals surface area (Å²) in [6.45, 7) is 3.87. The number of aromatic nitrogens is 2. The third kappa shape index (κ3) is 4.73. The van der Waals surface area contributed by atoms with Crippen molar-refractivity contribution in [2.45, 2.75) is 43.9 Å². The Balaban J connectivity index is 2.09. The van der Waals surface area contributed by atoms with Gasteiger partial charge in [0.25, 0.3) is 5.56 Å². The van der Waals surface area contributed by atoms with Crippen molar-refractivity contribution in [3.63, 3.8) is 0 Å². The molecule has 3 N–H and O–H groups in total.